The highest BCUT2D eigenvalue weighted by atomic mass is 16.6. The summed E-state index contributed by atoms with van der Waals surface area (Å²) in [7, 11) is 0. The molecule has 0 saturated heterocycles. The Morgan fingerprint density at radius 3 is 2.53 bits per heavy atom. The third-order valence-corrected chi connectivity index (χ3v) is 2.50. The van der Waals surface area contributed by atoms with E-state index >= 15 is 0 Å². The van der Waals surface area contributed by atoms with Gasteiger partial charge in [-0.2, -0.15) is 0 Å². The second kappa shape index (κ2) is 6.35. The van der Waals surface area contributed by atoms with Crippen LogP contribution in [0.1, 0.15) is 19.8 Å². The summed E-state index contributed by atoms with van der Waals surface area (Å²) in [4.78, 5) is 20.2. The zero-order valence-corrected chi connectivity index (χ0v) is 10.3. The molecule has 1 aromatic carbocycles. The van der Waals surface area contributed by atoms with Gasteiger partial charge in [0.15, 0.2) is 0 Å². The number of hydrogen-bond acceptors (Lipinski definition) is 5. The zero-order valence-electron chi connectivity index (χ0n) is 10.3. The monoisotopic (exact) mass is 263 g/mol. The highest BCUT2D eigenvalue weighted by molar-refractivity contribution is 5.66. The molecule has 0 bridgehead atoms. The van der Waals surface area contributed by atoms with Crippen LogP contribution in [-0.2, 0) is 0 Å². The number of nitrogens with one attached hydrogen (secondary N) is 1. The molecule has 0 heterocycles. The number of rotatable bonds is 6. The number of anilines is 1. The van der Waals surface area contributed by atoms with Gasteiger partial charge in [-0.1, -0.05) is 19.3 Å². The van der Waals surface area contributed by atoms with E-state index in [4.69, 9.17) is 6.42 Å². The lowest BCUT2D eigenvalue weighted by Crippen LogP contribution is -2.17. The molecule has 0 aromatic heterocycles. The highest BCUT2D eigenvalue weighted by Crippen LogP contribution is 2.29. The summed E-state index contributed by atoms with van der Waals surface area (Å²) in [6.45, 7) is 1.94. The fourth-order valence-electron chi connectivity index (χ4n) is 1.58. The Morgan fingerprint density at radius 1 is 1.37 bits per heavy atom. The number of benzene rings is 1. The van der Waals surface area contributed by atoms with Crippen molar-refractivity contribution in [1.29, 1.82) is 0 Å². The van der Waals surface area contributed by atoms with E-state index in [1.807, 2.05) is 6.92 Å². The molecular formula is C12H13N3O4. The van der Waals surface area contributed by atoms with Crippen molar-refractivity contribution in [3.8, 4) is 12.3 Å². The van der Waals surface area contributed by atoms with Gasteiger partial charge in [-0.25, -0.2) is 0 Å². The van der Waals surface area contributed by atoms with Gasteiger partial charge in [-0.05, 0) is 12.5 Å². The number of hydrogen-bond donors (Lipinski definition) is 1. The first-order chi connectivity index (χ1) is 8.99. The van der Waals surface area contributed by atoms with Gasteiger partial charge in [0, 0.05) is 6.07 Å². The first-order valence-corrected chi connectivity index (χ1v) is 5.65. The molecule has 0 spiro atoms. The van der Waals surface area contributed by atoms with E-state index < -0.39 is 9.85 Å². The molecule has 1 atom stereocenters. The zero-order chi connectivity index (χ0) is 14.4. The van der Waals surface area contributed by atoms with Crippen molar-refractivity contribution in [2.24, 2.45) is 0 Å². The van der Waals surface area contributed by atoms with E-state index in [-0.39, 0.29) is 23.1 Å². The van der Waals surface area contributed by atoms with Gasteiger partial charge in [-0.15, -0.1) is 6.42 Å². The fraction of sp³-hybridized carbons (Fsp3) is 0.333. The Kier molecular flexibility index (Phi) is 4.83. The summed E-state index contributed by atoms with van der Waals surface area (Å²) in [5.41, 5.74) is -0.498. The largest absolute Gasteiger partial charge is 0.366 e. The first-order valence-electron chi connectivity index (χ1n) is 5.65. The van der Waals surface area contributed by atoms with Crippen LogP contribution in [0.25, 0.3) is 0 Å². The van der Waals surface area contributed by atoms with Crippen molar-refractivity contribution in [2.75, 3.05) is 5.32 Å². The Hall–Kier alpha value is -2.62. The topological polar surface area (TPSA) is 98.3 Å². The molecule has 1 rings (SSSR count). The summed E-state index contributed by atoms with van der Waals surface area (Å²) in [6, 6.07) is 3.08. The summed E-state index contributed by atoms with van der Waals surface area (Å²) in [5.74, 6) is 2.49. The Labute approximate surface area is 109 Å². The van der Waals surface area contributed by atoms with Crippen molar-refractivity contribution in [2.45, 2.75) is 25.8 Å². The first kappa shape index (κ1) is 14.4. The van der Waals surface area contributed by atoms with Gasteiger partial charge in [0.25, 0.3) is 11.4 Å². The SMILES string of the molecule is C#CC(CCC)Nc1ccc([N+](=O)[O-])cc1[N+](=O)[O-]. The number of non-ortho nitro benzene ring substituents is 1. The summed E-state index contributed by atoms with van der Waals surface area (Å²) in [6.07, 6.45) is 6.80. The van der Waals surface area contributed by atoms with Gasteiger partial charge in [0.2, 0.25) is 0 Å². The Morgan fingerprint density at radius 2 is 2.05 bits per heavy atom. The number of nitro groups is 2. The van der Waals surface area contributed by atoms with Crippen LogP contribution in [0.15, 0.2) is 18.2 Å². The average Bonchev–Trinajstić information content (AvgIpc) is 2.37. The van der Waals surface area contributed by atoms with Gasteiger partial charge in [0.05, 0.1) is 22.0 Å². The minimum Gasteiger partial charge on any atom is -0.366 e. The Bertz CT molecular complexity index is 536. The summed E-state index contributed by atoms with van der Waals surface area (Å²) >= 11 is 0. The van der Waals surface area contributed by atoms with Gasteiger partial charge in [-0.3, -0.25) is 20.2 Å². The van der Waals surface area contributed by atoms with Crippen LogP contribution in [0, 0.1) is 32.6 Å². The molecule has 0 radical (unpaired) electrons. The van der Waals surface area contributed by atoms with Gasteiger partial charge < -0.3 is 5.32 Å². The smallest absolute Gasteiger partial charge is 0.299 e. The van der Waals surface area contributed by atoms with Crippen LogP contribution < -0.4 is 5.32 Å². The number of terminal acetylenes is 1. The van der Waals surface area contributed by atoms with E-state index in [1.165, 1.54) is 12.1 Å². The molecule has 1 N–H and O–H groups in total. The van der Waals surface area contributed by atoms with Crippen LogP contribution in [0.4, 0.5) is 17.1 Å². The maximum Gasteiger partial charge on any atom is 0.299 e. The van der Waals surface area contributed by atoms with Crippen LogP contribution >= 0.6 is 0 Å². The lowest BCUT2D eigenvalue weighted by molar-refractivity contribution is -0.393. The molecule has 0 fully saturated rings. The molecule has 1 unspecified atom stereocenters. The lowest BCUT2D eigenvalue weighted by atomic mass is 10.1. The van der Waals surface area contributed by atoms with E-state index in [2.05, 4.69) is 11.2 Å². The van der Waals surface area contributed by atoms with Crippen LogP contribution in [0.3, 0.4) is 0 Å². The third-order valence-electron chi connectivity index (χ3n) is 2.50. The summed E-state index contributed by atoms with van der Waals surface area (Å²) in [5, 5.41) is 24.4. The molecular weight excluding hydrogens is 250 g/mol. The number of nitro benzene ring substituents is 2. The maximum absolute atomic E-state index is 10.9. The molecule has 100 valence electrons. The second-order valence-corrected chi connectivity index (χ2v) is 3.87. The molecule has 1 aromatic rings. The van der Waals surface area contributed by atoms with Crippen LogP contribution in [0.2, 0.25) is 0 Å². The minimum atomic E-state index is -0.679. The molecule has 0 saturated carbocycles. The van der Waals surface area contributed by atoms with E-state index in [0.717, 1.165) is 12.5 Å². The molecule has 0 amide bonds. The van der Waals surface area contributed by atoms with Gasteiger partial charge in [0.1, 0.15) is 5.69 Å². The summed E-state index contributed by atoms with van der Waals surface area (Å²) < 4.78 is 0. The van der Waals surface area contributed by atoms with Crippen molar-refractivity contribution in [3.63, 3.8) is 0 Å². The third kappa shape index (κ3) is 3.67. The van der Waals surface area contributed by atoms with Crippen LogP contribution in [0.5, 0.6) is 0 Å². The Balaban J connectivity index is 3.10. The van der Waals surface area contributed by atoms with Crippen molar-refractivity contribution in [3.05, 3.63) is 38.4 Å². The standard InChI is InChI=1S/C12H13N3O4/c1-3-5-9(4-2)13-11-7-6-10(14(16)17)8-12(11)15(18)19/h2,6-9,13H,3,5H2,1H3. The molecule has 7 heteroatoms. The highest BCUT2D eigenvalue weighted by Gasteiger charge is 2.20. The molecule has 0 aliphatic carbocycles. The quantitative estimate of drug-likeness (QED) is 0.483. The predicted molar refractivity (Wildman–Crippen MR) is 70.9 cm³/mol. The minimum absolute atomic E-state index is 0.187. The van der Waals surface area contributed by atoms with E-state index in [0.29, 0.717) is 6.42 Å². The predicted octanol–water partition coefficient (Wildman–Crippen LogP) is 2.72. The second-order valence-electron chi connectivity index (χ2n) is 3.87. The molecule has 19 heavy (non-hydrogen) atoms. The van der Waals surface area contributed by atoms with E-state index in [1.54, 1.807) is 0 Å². The van der Waals surface area contributed by atoms with Crippen molar-refractivity contribution < 1.29 is 9.85 Å². The molecule has 0 aliphatic heterocycles. The number of nitrogens with zero attached hydrogens (tertiary/aromatic N) is 2. The van der Waals surface area contributed by atoms with Crippen molar-refractivity contribution in [1.82, 2.24) is 0 Å². The average molecular weight is 263 g/mol. The maximum atomic E-state index is 10.9. The van der Waals surface area contributed by atoms with E-state index in [9.17, 15) is 20.2 Å². The molecule has 0 aliphatic rings. The van der Waals surface area contributed by atoms with Crippen LogP contribution in [-0.4, -0.2) is 15.9 Å². The normalized spacial score (nSPS) is 11.4. The van der Waals surface area contributed by atoms with Gasteiger partial charge >= 0.3 is 0 Å². The molecule has 7 nitrogen and oxygen atoms in total. The fourth-order valence-corrected chi connectivity index (χ4v) is 1.58. The lowest BCUT2D eigenvalue weighted by Gasteiger charge is -2.13. The van der Waals surface area contributed by atoms with Crippen molar-refractivity contribution >= 4 is 17.1 Å².